The van der Waals surface area contributed by atoms with Gasteiger partial charge in [0.25, 0.3) is 0 Å². The molecular formula is C15H20N2O2. The maximum absolute atomic E-state index is 5.56. The summed E-state index contributed by atoms with van der Waals surface area (Å²) in [6, 6.07) is 8.43. The lowest BCUT2D eigenvalue weighted by Gasteiger charge is -2.22. The molecule has 0 amide bonds. The Balaban J connectivity index is 1.76. The van der Waals surface area contributed by atoms with Crippen molar-refractivity contribution >= 4 is 10.9 Å². The van der Waals surface area contributed by atoms with E-state index in [4.69, 9.17) is 9.47 Å². The molecular weight excluding hydrogens is 240 g/mol. The summed E-state index contributed by atoms with van der Waals surface area (Å²) in [7, 11) is 1.75. The van der Waals surface area contributed by atoms with E-state index >= 15 is 0 Å². The molecule has 2 heterocycles. The molecule has 1 aliphatic heterocycles. The van der Waals surface area contributed by atoms with E-state index in [1.54, 1.807) is 7.11 Å². The van der Waals surface area contributed by atoms with Crippen molar-refractivity contribution < 1.29 is 9.47 Å². The second kappa shape index (κ2) is 5.74. The van der Waals surface area contributed by atoms with Gasteiger partial charge in [0, 0.05) is 43.8 Å². The number of H-pyrrole nitrogens is 1. The number of hydrogen-bond donors (Lipinski definition) is 1. The van der Waals surface area contributed by atoms with Gasteiger partial charge < -0.3 is 14.5 Å². The van der Waals surface area contributed by atoms with Crippen LogP contribution in [0.25, 0.3) is 10.9 Å². The second-order valence-electron chi connectivity index (χ2n) is 5.03. The summed E-state index contributed by atoms with van der Waals surface area (Å²) in [5.41, 5.74) is 2.54. The van der Waals surface area contributed by atoms with E-state index in [2.05, 4.69) is 40.3 Å². The fourth-order valence-corrected chi connectivity index (χ4v) is 2.63. The Hall–Kier alpha value is -1.36. The highest BCUT2D eigenvalue weighted by molar-refractivity contribution is 5.82. The number of fused-ring (bicyclic) bond motifs is 1. The normalized spacial score (nSPS) is 21.6. The number of rotatable bonds is 3. The van der Waals surface area contributed by atoms with Gasteiger partial charge in [-0.05, 0) is 11.6 Å². The van der Waals surface area contributed by atoms with E-state index in [9.17, 15) is 0 Å². The van der Waals surface area contributed by atoms with Gasteiger partial charge in [-0.1, -0.05) is 18.2 Å². The fraction of sp³-hybridized carbons (Fsp3) is 0.467. The highest BCUT2D eigenvalue weighted by atomic mass is 16.5. The van der Waals surface area contributed by atoms with Gasteiger partial charge >= 0.3 is 0 Å². The average molecular weight is 260 g/mol. The molecule has 3 rings (SSSR count). The van der Waals surface area contributed by atoms with Crippen LogP contribution < -0.4 is 0 Å². The molecule has 1 saturated heterocycles. The van der Waals surface area contributed by atoms with Crippen molar-refractivity contribution in [2.75, 3.05) is 33.4 Å². The van der Waals surface area contributed by atoms with Gasteiger partial charge in [0.1, 0.15) is 0 Å². The van der Waals surface area contributed by atoms with Crippen LogP contribution in [0.2, 0.25) is 0 Å². The Kier molecular flexibility index (Phi) is 3.82. The standard InChI is InChI=1S/C15H20N2O2/c1-18-13-10-17(6-7-19-11-13)9-12-8-16-15-5-3-2-4-14(12)15/h2-5,8,13,16H,6-7,9-11H2,1H3/t13-/m1/s1. The quantitative estimate of drug-likeness (QED) is 0.917. The summed E-state index contributed by atoms with van der Waals surface area (Å²) in [6.07, 6.45) is 2.28. The molecule has 102 valence electrons. The summed E-state index contributed by atoms with van der Waals surface area (Å²) in [5.74, 6) is 0. The van der Waals surface area contributed by atoms with Crippen LogP contribution in [0.3, 0.4) is 0 Å². The van der Waals surface area contributed by atoms with Crippen molar-refractivity contribution in [1.29, 1.82) is 0 Å². The van der Waals surface area contributed by atoms with E-state index in [1.165, 1.54) is 16.5 Å². The first-order valence-corrected chi connectivity index (χ1v) is 6.74. The Bertz CT molecular complexity index is 538. The minimum absolute atomic E-state index is 0.174. The van der Waals surface area contributed by atoms with Crippen molar-refractivity contribution in [3.8, 4) is 0 Å². The smallest absolute Gasteiger partial charge is 0.0931 e. The molecule has 4 heteroatoms. The number of nitrogens with zero attached hydrogens (tertiary/aromatic N) is 1. The first-order valence-electron chi connectivity index (χ1n) is 6.74. The van der Waals surface area contributed by atoms with Gasteiger partial charge in [-0.25, -0.2) is 0 Å². The van der Waals surface area contributed by atoms with Crippen LogP contribution in [0.15, 0.2) is 30.5 Å². The zero-order valence-electron chi connectivity index (χ0n) is 11.3. The number of methoxy groups -OCH3 is 1. The SMILES string of the molecule is CO[C@H]1COCCN(Cc2c[nH]c3ccccc23)C1. The molecule has 1 N–H and O–H groups in total. The highest BCUT2D eigenvalue weighted by Crippen LogP contribution is 2.20. The molecule has 0 aliphatic carbocycles. The zero-order valence-corrected chi connectivity index (χ0v) is 11.3. The molecule has 1 fully saturated rings. The van der Waals surface area contributed by atoms with Crippen LogP contribution in [0.5, 0.6) is 0 Å². The number of ether oxygens (including phenoxy) is 2. The lowest BCUT2D eigenvalue weighted by molar-refractivity contribution is 0.0225. The fourth-order valence-electron chi connectivity index (χ4n) is 2.63. The summed E-state index contributed by atoms with van der Waals surface area (Å²) < 4.78 is 11.0. The number of para-hydroxylation sites is 1. The highest BCUT2D eigenvalue weighted by Gasteiger charge is 2.19. The van der Waals surface area contributed by atoms with Crippen LogP contribution in [0.1, 0.15) is 5.56 Å². The zero-order chi connectivity index (χ0) is 13.1. The number of aromatic nitrogens is 1. The monoisotopic (exact) mass is 260 g/mol. The minimum Gasteiger partial charge on any atom is -0.378 e. The molecule has 0 saturated carbocycles. The second-order valence-corrected chi connectivity index (χ2v) is 5.03. The first kappa shape index (κ1) is 12.7. The van der Waals surface area contributed by atoms with Gasteiger partial charge in [0.05, 0.1) is 19.3 Å². The Morgan fingerprint density at radius 2 is 2.32 bits per heavy atom. The Morgan fingerprint density at radius 3 is 3.21 bits per heavy atom. The number of benzene rings is 1. The van der Waals surface area contributed by atoms with Crippen molar-refractivity contribution in [3.05, 3.63) is 36.0 Å². The van der Waals surface area contributed by atoms with Crippen LogP contribution in [-0.2, 0) is 16.0 Å². The van der Waals surface area contributed by atoms with Crippen molar-refractivity contribution in [3.63, 3.8) is 0 Å². The van der Waals surface area contributed by atoms with E-state index in [1.807, 2.05) is 0 Å². The average Bonchev–Trinajstić information content (AvgIpc) is 2.70. The van der Waals surface area contributed by atoms with E-state index in [-0.39, 0.29) is 6.10 Å². The summed E-state index contributed by atoms with van der Waals surface area (Å²) >= 11 is 0. The van der Waals surface area contributed by atoms with Gasteiger partial charge in [-0.3, -0.25) is 4.90 Å². The molecule has 1 aliphatic rings. The molecule has 1 aromatic carbocycles. The topological polar surface area (TPSA) is 37.5 Å². The molecule has 4 nitrogen and oxygen atoms in total. The van der Waals surface area contributed by atoms with Crippen molar-refractivity contribution in [2.45, 2.75) is 12.6 Å². The number of aromatic amines is 1. The predicted octanol–water partition coefficient (Wildman–Crippen LogP) is 2.02. The van der Waals surface area contributed by atoms with Gasteiger partial charge in [-0.15, -0.1) is 0 Å². The van der Waals surface area contributed by atoms with Crippen LogP contribution >= 0.6 is 0 Å². The third kappa shape index (κ3) is 2.81. The van der Waals surface area contributed by atoms with Gasteiger partial charge in [0.15, 0.2) is 0 Å². The maximum atomic E-state index is 5.56. The van der Waals surface area contributed by atoms with Gasteiger partial charge in [-0.2, -0.15) is 0 Å². The minimum atomic E-state index is 0.174. The lowest BCUT2D eigenvalue weighted by atomic mass is 10.1. The molecule has 1 atom stereocenters. The molecule has 0 bridgehead atoms. The maximum Gasteiger partial charge on any atom is 0.0931 e. The molecule has 0 spiro atoms. The van der Waals surface area contributed by atoms with Gasteiger partial charge in [0.2, 0.25) is 0 Å². The number of hydrogen-bond acceptors (Lipinski definition) is 3. The molecule has 2 aromatic rings. The van der Waals surface area contributed by atoms with E-state index in [0.717, 1.165) is 26.2 Å². The molecule has 19 heavy (non-hydrogen) atoms. The Labute approximate surface area is 113 Å². The van der Waals surface area contributed by atoms with Crippen molar-refractivity contribution in [2.24, 2.45) is 0 Å². The molecule has 0 unspecified atom stereocenters. The number of nitrogens with one attached hydrogen (secondary N) is 1. The van der Waals surface area contributed by atoms with Crippen LogP contribution in [0.4, 0.5) is 0 Å². The third-order valence-electron chi connectivity index (χ3n) is 3.72. The van der Waals surface area contributed by atoms with E-state index in [0.29, 0.717) is 6.61 Å². The Morgan fingerprint density at radius 1 is 1.42 bits per heavy atom. The van der Waals surface area contributed by atoms with E-state index < -0.39 is 0 Å². The summed E-state index contributed by atoms with van der Waals surface area (Å²) in [4.78, 5) is 5.73. The third-order valence-corrected chi connectivity index (χ3v) is 3.72. The summed E-state index contributed by atoms with van der Waals surface area (Å²) in [5, 5.41) is 1.31. The largest absolute Gasteiger partial charge is 0.378 e. The van der Waals surface area contributed by atoms with Crippen molar-refractivity contribution in [1.82, 2.24) is 9.88 Å². The first-order chi connectivity index (χ1) is 9.36. The summed E-state index contributed by atoms with van der Waals surface area (Å²) in [6.45, 7) is 4.30. The molecule has 0 radical (unpaired) electrons. The predicted molar refractivity (Wildman–Crippen MR) is 75.2 cm³/mol. The van der Waals surface area contributed by atoms with Crippen LogP contribution in [-0.4, -0.2) is 49.4 Å². The lowest BCUT2D eigenvalue weighted by Crippen LogP contribution is -2.33. The molecule has 1 aromatic heterocycles. The van der Waals surface area contributed by atoms with Crippen LogP contribution in [0, 0.1) is 0 Å².